The summed E-state index contributed by atoms with van der Waals surface area (Å²) in [6.45, 7) is 4.47. The van der Waals surface area contributed by atoms with E-state index in [9.17, 15) is 0 Å². The SMILES string of the molecule is C=C/C=C(\C=C/CCNc1cncc(Br)c1)OC. The number of hydrogen-bond donors (Lipinski definition) is 1. The molecule has 1 aromatic heterocycles. The number of hydrogen-bond acceptors (Lipinski definition) is 3. The molecular formula is C14H17BrN2O. The molecular weight excluding hydrogens is 292 g/mol. The Labute approximate surface area is 116 Å². The first-order chi connectivity index (χ1) is 8.76. The van der Waals surface area contributed by atoms with Gasteiger partial charge in [-0.3, -0.25) is 4.98 Å². The molecule has 0 aliphatic rings. The standard InChI is InChI=1S/C14H17BrN2O/c1-3-6-14(18-2)7-4-5-8-17-13-9-12(15)10-16-11-13/h3-4,6-7,9-11,17H,1,5,8H2,2H3/b7-4-,14-6+. The maximum atomic E-state index is 5.14. The molecule has 0 fully saturated rings. The van der Waals surface area contributed by atoms with E-state index < -0.39 is 0 Å². The van der Waals surface area contributed by atoms with Gasteiger partial charge < -0.3 is 10.1 Å². The maximum Gasteiger partial charge on any atom is 0.118 e. The molecule has 3 nitrogen and oxygen atoms in total. The van der Waals surface area contributed by atoms with Gasteiger partial charge in [0, 0.05) is 17.2 Å². The third kappa shape index (κ3) is 5.68. The van der Waals surface area contributed by atoms with Crippen LogP contribution in [-0.4, -0.2) is 18.6 Å². The Kier molecular flexibility index (Phi) is 6.87. The summed E-state index contributed by atoms with van der Waals surface area (Å²) in [7, 11) is 1.64. The van der Waals surface area contributed by atoms with E-state index in [1.165, 1.54) is 0 Å². The molecule has 0 spiro atoms. The number of methoxy groups -OCH3 is 1. The predicted octanol–water partition coefficient (Wildman–Crippen LogP) is 3.92. The van der Waals surface area contributed by atoms with Gasteiger partial charge in [0.1, 0.15) is 5.76 Å². The van der Waals surface area contributed by atoms with Gasteiger partial charge in [-0.2, -0.15) is 0 Å². The van der Waals surface area contributed by atoms with Gasteiger partial charge in [-0.1, -0.05) is 18.7 Å². The molecule has 0 unspecified atom stereocenters. The van der Waals surface area contributed by atoms with E-state index in [-0.39, 0.29) is 0 Å². The highest BCUT2D eigenvalue weighted by molar-refractivity contribution is 9.10. The Morgan fingerprint density at radius 3 is 3.06 bits per heavy atom. The van der Waals surface area contributed by atoms with Crippen molar-refractivity contribution in [3.05, 3.63) is 59.6 Å². The molecule has 0 saturated carbocycles. The summed E-state index contributed by atoms with van der Waals surface area (Å²) < 4.78 is 6.11. The van der Waals surface area contributed by atoms with Crippen molar-refractivity contribution in [1.29, 1.82) is 0 Å². The first-order valence-electron chi connectivity index (χ1n) is 5.64. The second kappa shape index (κ2) is 8.53. The summed E-state index contributed by atoms with van der Waals surface area (Å²) in [6.07, 6.45) is 12.0. The van der Waals surface area contributed by atoms with E-state index in [0.29, 0.717) is 0 Å². The molecule has 0 saturated heterocycles. The molecule has 0 aromatic carbocycles. The van der Waals surface area contributed by atoms with Crippen LogP contribution in [-0.2, 0) is 4.74 Å². The lowest BCUT2D eigenvalue weighted by molar-refractivity contribution is 0.307. The molecule has 1 aromatic rings. The molecule has 0 amide bonds. The lowest BCUT2D eigenvalue weighted by Crippen LogP contribution is -2.00. The highest BCUT2D eigenvalue weighted by Crippen LogP contribution is 2.13. The van der Waals surface area contributed by atoms with Gasteiger partial charge in [0.2, 0.25) is 0 Å². The first-order valence-corrected chi connectivity index (χ1v) is 6.43. The fourth-order valence-corrected chi connectivity index (χ4v) is 1.68. The predicted molar refractivity (Wildman–Crippen MR) is 79.5 cm³/mol. The number of nitrogens with zero attached hydrogens (tertiary/aromatic N) is 1. The average molecular weight is 309 g/mol. The zero-order valence-corrected chi connectivity index (χ0v) is 12.0. The fraction of sp³-hybridized carbons (Fsp3) is 0.214. The molecule has 1 N–H and O–H groups in total. The normalized spacial score (nSPS) is 11.6. The average Bonchev–Trinajstić information content (AvgIpc) is 2.37. The monoisotopic (exact) mass is 308 g/mol. The minimum atomic E-state index is 0.800. The van der Waals surface area contributed by atoms with Crippen LogP contribution in [0.3, 0.4) is 0 Å². The van der Waals surface area contributed by atoms with Gasteiger partial charge in [-0.15, -0.1) is 0 Å². The highest BCUT2D eigenvalue weighted by atomic mass is 79.9. The van der Waals surface area contributed by atoms with Gasteiger partial charge in [-0.05, 0) is 40.6 Å². The van der Waals surface area contributed by atoms with Crippen LogP contribution in [0.1, 0.15) is 6.42 Å². The fourth-order valence-electron chi connectivity index (χ4n) is 1.32. The van der Waals surface area contributed by atoms with E-state index in [1.807, 2.05) is 18.2 Å². The molecule has 0 radical (unpaired) electrons. The summed E-state index contributed by atoms with van der Waals surface area (Å²) in [6, 6.07) is 1.99. The first kappa shape index (κ1) is 14.5. The summed E-state index contributed by atoms with van der Waals surface area (Å²) >= 11 is 3.38. The lowest BCUT2D eigenvalue weighted by Gasteiger charge is -2.04. The number of rotatable bonds is 7. The van der Waals surface area contributed by atoms with E-state index >= 15 is 0 Å². The molecule has 0 atom stereocenters. The smallest absolute Gasteiger partial charge is 0.118 e. The van der Waals surface area contributed by atoms with Gasteiger partial charge >= 0.3 is 0 Å². The Bertz CT molecular complexity index is 441. The van der Waals surface area contributed by atoms with Crippen LogP contribution in [0.25, 0.3) is 0 Å². The molecule has 0 aliphatic heterocycles. The van der Waals surface area contributed by atoms with Gasteiger partial charge in [-0.25, -0.2) is 0 Å². The van der Waals surface area contributed by atoms with Gasteiger partial charge in [0.25, 0.3) is 0 Å². The van der Waals surface area contributed by atoms with Crippen LogP contribution in [0, 0.1) is 0 Å². The van der Waals surface area contributed by atoms with Crippen molar-refractivity contribution in [3.63, 3.8) is 0 Å². The molecule has 0 bridgehead atoms. The number of ether oxygens (including phenoxy) is 1. The van der Waals surface area contributed by atoms with E-state index in [4.69, 9.17) is 4.74 Å². The van der Waals surface area contributed by atoms with Crippen molar-refractivity contribution in [2.24, 2.45) is 0 Å². The molecule has 0 aliphatic carbocycles. The lowest BCUT2D eigenvalue weighted by atomic mass is 10.3. The molecule has 96 valence electrons. The largest absolute Gasteiger partial charge is 0.497 e. The van der Waals surface area contributed by atoms with Crippen molar-refractivity contribution in [3.8, 4) is 0 Å². The van der Waals surface area contributed by atoms with E-state index in [1.54, 1.807) is 25.6 Å². The van der Waals surface area contributed by atoms with Crippen molar-refractivity contribution in [1.82, 2.24) is 4.98 Å². The molecule has 1 heterocycles. The van der Waals surface area contributed by atoms with Crippen LogP contribution >= 0.6 is 15.9 Å². The number of halogens is 1. The van der Waals surface area contributed by atoms with Gasteiger partial charge in [0.15, 0.2) is 0 Å². The minimum Gasteiger partial charge on any atom is -0.497 e. The van der Waals surface area contributed by atoms with Crippen molar-refractivity contribution in [2.75, 3.05) is 19.0 Å². The topological polar surface area (TPSA) is 34.2 Å². The third-order valence-electron chi connectivity index (χ3n) is 2.14. The summed E-state index contributed by atoms with van der Waals surface area (Å²) in [5, 5.41) is 3.29. The Hall–Kier alpha value is -1.55. The second-order valence-electron chi connectivity index (χ2n) is 3.52. The van der Waals surface area contributed by atoms with Crippen LogP contribution < -0.4 is 5.32 Å². The van der Waals surface area contributed by atoms with Gasteiger partial charge in [0.05, 0.1) is 19.0 Å². The van der Waals surface area contributed by atoms with Crippen LogP contribution in [0.5, 0.6) is 0 Å². The van der Waals surface area contributed by atoms with Crippen molar-refractivity contribution < 1.29 is 4.74 Å². The Morgan fingerprint density at radius 1 is 1.56 bits per heavy atom. The highest BCUT2D eigenvalue weighted by Gasteiger charge is 1.92. The number of aromatic nitrogens is 1. The maximum absolute atomic E-state index is 5.14. The zero-order valence-electron chi connectivity index (χ0n) is 10.4. The minimum absolute atomic E-state index is 0.800. The molecule has 4 heteroatoms. The third-order valence-corrected chi connectivity index (χ3v) is 2.58. The summed E-state index contributed by atoms with van der Waals surface area (Å²) in [4.78, 5) is 4.08. The van der Waals surface area contributed by atoms with Crippen molar-refractivity contribution >= 4 is 21.6 Å². The van der Waals surface area contributed by atoms with Crippen LogP contribution in [0.2, 0.25) is 0 Å². The van der Waals surface area contributed by atoms with E-state index in [2.05, 4.69) is 38.9 Å². The number of anilines is 1. The Morgan fingerprint density at radius 2 is 2.39 bits per heavy atom. The molecule has 18 heavy (non-hydrogen) atoms. The zero-order chi connectivity index (χ0) is 13.2. The molecule has 1 rings (SSSR count). The quantitative estimate of drug-likeness (QED) is 0.471. The van der Waals surface area contributed by atoms with Crippen molar-refractivity contribution in [2.45, 2.75) is 6.42 Å². The number of pyridine rings is 1. The summed E-state index contributed by atoms with van der Waals surface area (Å²) in [5.41, 5.74) is 1.01. The second-order valence-corrected chi connectivity index (χ2v) is 4.43. The summed E-state index contributed by atoms with van der Waals surface area (Å²) in [5.74, 6) is 0.800. The number of allylic oxidation sites excluding steroid dienone is 3. The van der Waals surface area contributed by atoms with E-state index in [0.717, 1.165) is 28.9 Å². The Balaban J connectivity index is 2.32. The van der Waals surface area contributed by atoms with Crippen LogP contribution in [0.15, 0.2) is 59.6 Å². The number of nitrogens with one attached hydrogen (secondary N) is 1. The van der Waals surface area contributed by atoms with Crippen LogP contribution in [0.4, 0.5) is 5.69 Å².